The Bertz CT molecular complexity index is 380. The number of methoxy groups -OCH3 is 1. The van der Waals surface area contributed by atoms with Gasteiger partial charge in [-0.3, -0.25) is 0 Å². The first kappa shape index (κ1) is 12.7. The van der Waals surface area contributed by atoms with E-state index in [1.54, 1.807) is 25.3 Å². The van der Waals surface area contributed by atoms with Crippen LogP contribution >= 0.6 is 11.6 Å². The minimum absolute atomic E-state index is 0.129. The maximum atomic E-state index is 14.4. The molecule has 0 spiro atoms. The molecule has 1 aliphatic rings. The summed E-state index contributed by atoms with van der Waals surface area (Å²) in [5, 5.41) is 3.76. The van der Waals surface area contributed by atoms with Crippen molar-refractivity contribution in [1.29, 1.82) is 0 Å². The van der Waals surface area contributed by atoms with Crippen molar-refractivity contribution in [2.24, 2.45) is 0 Å². The van der Waals surface area contributed by atoms with Crippen molar-refractivity contribution >= 4 is 11.6 Å². The van der Waals surface area contributed by atoms with Gasteiger partial charge in [-0.1, -0.05) is 18.0 Å². The molecule has 1 heterocycles. The van der Waals surface area contributed by atoms with Crippen molar-refractivity contribution in [2.45, 2.75) is 31.5 Å². The first-order valence-electron chi connectivity index (χ1n) is 5.93. The number of halogens is 2. The van der Waals surface area contributed by atoms with Gasteiger partial charge in [-0.15, -0.1) is 0 Å². The molecule has 0 radical (unpaired) electrons. The van der Waals surface area contributed by atoms with Gasteiger partial charge in [0.1, 0.15) is 11.9 Å². The predicted octanol–water partition coefficient (Wildman–Crippen LogP) is 3.50. The van der Waals surface area contributed by atoms with Crippen LogP contribution in [0.1, 0.15) is 31.0 Å². The molecule has 1 N–H and O–H groups in total. The number of benzene rings is 1. The van der Waals surface area contributed by atoms with Crippen LogP contribution in [0.3, 0.4) is 0 Å². The average molecular weight is 258 g/mol. The normalized spacial score (nSPS) is 22.2. The molecule has 1 fully saturated rings. The van der Waals surface area contributed by atoms with E-state index in [-0.39, 0.29) is 6.04 Å². The summed E-state index contributed by atoms with van der Waals surface area (Å²) < 4.78 is 19.6. The van der Waals surface area contributed by atoms with Gasteiger partial charge in [-0.25, -0.2) is 4.39 Å². The standard InChI is InChI=1S/C13H17ClFNO/c1-17-12-6-5-9(14)8-10(12)13(15)11-4-2-3-7-16-11/h5-6,8,11,13,16H,2-4,7H2,1H3. The van der Waals surface area contributed by atoms with E-state index in [1.807, 2.05) is 0 Å². The average Bonchev–Trinajstić information content (AvgIpc) is 2.39. The molecule has 1 saturated heterocycles. The molecule has 0 amide bonds. The molecule has 94 valence electrons. The third kappa shape index (κ3) is 2.90. The van der Waals surface area contributed by atoms with Gasteiger partial charge >= 0.3 is 0 Å². The second kappa shape index (κ2) is 5.69. The summed E-state index contributed by atoms with van der Waals surface area (Å²) in [6, 6.07) is 4.95. The Balaban J connectivity index is 2.21. The molecule has 1 aromatic rings. The Morgan fingerprint density at radius 1 is 1.47 bits per heavy atom. The van der Waals surface area contributed by atoms with E-state index in [2.05, 4.69) is 5.32 Å². The van der Waals surface area contributed by atoms with E-state index in [0.717, 1.165) is 25.8 Å². The zero-order valence-corrected chi connectivity index (χ0v) is 10.6. The molecule has 0 bridgehead atoms. The molecule has 2 rings (SSSR count). The molecule has 2 unspecified atom stereocenters. The molecule has 1 aliphatic heterocycles. The van der Waals surface area contributed by atoms with Gasteiger partial charge in [0, 0.05) is 16.6 Å². The number of hydrogen-bond acceptors (Lipinski definition) is 2. The highest BCUT2D eigenvalue weighted by Crippen LogP contribution is 2.34. The first-order valence-corrected chi connectivity index (χ1v) is 6.31. The number of piperidine rings is 1. The van der Waals surface area contributed by atoms with Crippen molar-refractivity contribution in [1.82, 2.24) is 5.32 Å². The van der Waals surface area contributed by atoms with E-state index >= 15 is 0 Å². The van der Waals surface area contributed by atoms with Gasteiger partial charge in [0.15, 0.2) is 0 Å². The topological polar surface area (TPSA) is 21.3 Å². The molecule has 1 aromatic carbocycles. The number of hydrogen-bond donors (Lipinski definition) is 1. The Labute approximate surface area is 106 Å². The molecule has 17 heavy (non-hydrogen) atoms. The van der Waals surface area contributed by atoms with Crippen LogP contribution in [0.2, 0.25) is 5.02 Å². The quantitative estimate of drug-likeness (QED) is 0.895. The van der Waals surface area contributed by atoms with Crippen molar-refractivity contribution in [3.63, 3.8) is 0 Å². The highest BCUT2D eigenvalue weighted by Gasteiger charge is 2.26. The number of ether oxygens (including phenoxy) is 1. The lowest BCUT2D eigenvalue weighted by Gasteiger charge is -2.27. The van der Waals surface area contributed by atoms with E-state index in [0.29, 0.717) is 16.3 Å². The summed E-state index contributed by atoms with van der Waals surface area (Å²) in [4.78, 5) is 0. The maximum absolute atomic E-state index is 14.4. The SMILES string of the molecule is COc1ccc(Cl)cc1C(F)C1CCCCN1. The van der Waals surface area contributed by atoms with E-state index in [1.165, 1.54) is 0 Å². The first-order chi connectivity index (χ1) is 8.22. The van der Waals surface area contributed by atoms with Crippen LogP contribution in [0.15, 0.2) is 18.2 Å². The molecule has 4 heteroatoms. The zero-order valence-electron chi connectivity index (χ0n) is 9.88. The van der Waals surface area contributed by atoms with Crippen molar-refractivity contribution in [3.8, 4) is 5.75 Å². The molecule has 0 aliphatic carbocycles. The van der Waals surface area contributed by atoms with Gasteiger partial charge < -0.3 is 10.1 Å². The van der Waals surface area contributed by atoms with Gasteiger partial charge in [0.2, 0.25) is 0 Å². The van der Waals surface area contributed by atoms with E-state index in [9.17, 15) is 4.39 Å². The maximum Gasteiger partial charge on any atom is 0.144 e. The Hall–Kier alpha value is -0.800. The Morgan fingerprint density at radius 3 is 2.94 bits per heavy atom. The zero-order chi connectivity index (χ0) is 12.3. The molecule has 0 aromatic heterocycles. The predicted molar refractivity (Wildman–Crippen MR) is 67.5 cm³/mol. The van der Waals surface area contributed by atoms with Gasteiger partial charge in [-0.05, 0) is 37.6 Å². The summed E-state index contributed by atoms with van der Waals surface area (Å²) in [5.41, 5.74) is 0.541. The fourth-order valence-electron chi connectivity index (χ4n) is 2.27. The smallest absolute Gasteiger partial charge is 0.144 e. The van der Waals surface area contributed by atoms with Crippen LogP contribution in [-0.4, -0.2) is 19.7 Å². The fraction of sp³-hybridized carbons (Fsp3) is 0.538. The number of nitrogens with one attached hydrogen (secondary N) is 1. The highest BCUT2D eigenvalue weighted by molar-refractivity contribution is 6.30. The third-order valence-electron chi connectivity index (χ3n) is 3.19. The largest absolute Gasteiger partial charge is 0.496 e. The van der Waals surface area contributed by atoms with Crippen LogP contribution in [0.25, 0.3) is 0 Å². The Kier molecular flexibility index (Phi) is 4.24. The van der Waals surface area contributed by atoms with Crippen molar-refractivity contribution < 1.29 is 9.13 Å². The minimum Gasteiger partial charge on any atom is -0.496 e. The second-order valence-corrected chi connectivity index (χ2v) is 4.78. The van der Waals surface area contributed by atoms with Crippen molar-refractivity contribution in [3.05, 3.63) is 28.8 Å². The van der Waals surface area contributed by atoms with Crippen LogP contribution in [-0.2, 0) is 0 Å². The lowest BCUT2D eigenvalue weighted by atomic mass is 9.95. The Morgan fingerprint density at radius 2 is 2.29 bits per heavy atom. The third-order valence-corrected chi connectivity index (χ3v) is 3.43. The van der Waals surface area contributed by atoms with Crippen LogP contribution < -0.4 is 10.1 Å². The summed E-state index contributed by atoms with van der Waals surface area (Å²) in [7, 11) is 1.55. The summed E-state index contributed by atoms with van der Waals surface area (Å²) >= 11 is 5.91. The summed E-state index contributed by atoms with van der Waals surface area (Å²) in [6.07, 6.45) is 1.98. The monoisotopic (exact) mass is 257 g/mol. The van der Waals surface area contributed by atoms with Crippen LogP contribution in [0.5, 0.6) is 5.75 Å². The number of alkyl halides is 1. The van der Waals surface area contributed by atoms with Gasteiger partial charge in [0.25, 0.3) is 0 Å². The molecule has 2 nitrogen and oxygen atoms in total. The fourth-order valence-corrected chi connectivity index (χ4v) is 2.45. The van der Waals surface area contributed by atoms with Crippen LogP contribution in [0.4, 0.5) is 4.39 Å². The molecular weight excluding hydrogens is 241 g/mol. The lowest BCUT2D eigenvalue weighted by Crippen LogP contribution is -2.37. The summed E-state index contributed by atoms with van der Waals surface area (Å²) in [6.45, 7) is 0.883. The van der Waals surface area contributed by atoms with Crippen LogP contribution in [0, 0.1) is 0 Å². The number of rotatable bonds is 3. The van der Waals surface area contributed by atoms with Gasteiger partial charge in [0.05, 0.1) is 7.11 Å². The summed E-state index contributed by atoms with van der Waals surface area (Å²) in [5.74, 6) is 0.564. The van der Waals surface area contributed by atoms with E-state index in [4.69, 9.17) is 16.3 Å². The highest BCUT2D eigenvalue weighted by atomic mass is 35.5. The van der Waals surface area contributed by atoms with Crippen molar-refractivity contribution in [2.75, 3.05) is 13.7 Å². The lowest BCUT2D eigenvalue weighted by molar-refractivity contribution is 0.216. The second-order valence-electron chi connectivity index (χ2n) is 4.34. The molecular formula is C13H17ClFNO. The molecule has 0 saturated carbocycles. The van der Waals surface area contributed by atoms with E-state index < -0.39 is 6.17 Å². The minimum atomic E-state index is -1.07. The molecule has 2 atom stereocenters. The van der Waals surface area contributed by atoms with Gasteiger partial charge in [-0.2, -0.15) is 0 Å².